The minimum Gasteiger partial charge on any atom is -0.480 e. The molecule has 0 aliphatic heterocycles. The fraction of sp³-hybridized carbons (Fsp3) is 0.227. The van der Waals surface area contributed by atoms with Crippen molar-refractivity contribution in [2.24, 2.45) is 0 Å². The van der Waals surface area contributed by atoms with Crippen molar-refractivity contribution in [3.63, 3.8) is 0 Å². The summed E-state index contributed by atoms with van der Waals surface area (Å²) in [6.07, 6.45) is 0.140. The fourth-order valence-electron chi connectivity index (χ4n) is 2.94. The van der Waals surface area contributed by atoms with Crippen LogP contribution in [0.15, 0.2) is 72.8 Å². The summed E-state index contributed by atoms with van der Waals surface area (Å²) in [6.45, 7) is 2.55. The largest absolute Gasteiger partial charge is 0.480 e. The van der Waals surface area contributed by atoms with Gasteiger partial charge in [-0.25, -0.2) is 0 Å². The number of rotatable bonds is 6. The second-order valence-corrected chi connectivity index (χ2v) is 6.17. The van der Waals surface area contributed by atoms with E-state index in [1.54, 1.807) is 4.90 Å². The Balaban J connectivity index is 1.76. The van der Waals surface area contributed by atoms with Gasteiger partial charge in [0.15, 0.2) is 6.10 Å². The highest BCUT2D eigenvalue weighted by atomic mass is 16.5. The van der Waals surface area contributed by atoms with E-state index in [1.165, 1.54) is 0 Å². The summed E-state index contributed by atoms with van der Waals surface area (Å²) in [4.78, 5) is 14.6. The molecule has 3 nitrogen and oxygen atoms in total. The van der Waals surface area contributed by atoms with Crippen LogP contribution in [0, 0.1) is 0 Å². The lowest BCUT2D eigenvalue weighted by molar-refractivity contribution is -0.138. The van der Waals surface area contributed by atoms with Gasteiger partial charge >= 0.3 is 0 Å². The smallest absolute Gasteiger partial charge is 0.263 e. The first-order valence-corrected chi connectivity index (χ1v) is 8.62. The molecule has 0 N–H and O–H groups in total. The van der Waals surface area contributed by atoms with Crippen molar-refractivity contribution >= 4 is 16.7 Å². The van der Waals surface area contributed by atoms with Gasteiger partial charge in [0.05, 0.1) is 0 Å². The Hall–Kier alpha value is -2.81. The van der Waals surface area contributed by atoms with Crippen LogP contribution >= 0.6 is 0 Å². The van der Waals surface area contributed by atoms with Crippen LogP contribution in [-0.2, 0) is 11.3 Å². The van der Waals surface area contributed by atoms with Crippen molar-refractivity contribution in [2.45, 2.75) is 26.0 Å². The van der Waals surface area contributed by atoms with E-state index in [2.05, 4.69) is 0 Å². The molecule has 0 saturated carbocycles. The van der Waals surface area contributed by atoms with Gasteiger partial charge in [0.1, 0.15) is 5.75 Å². The quantitative estimate of drug-likeness (QED) is 0.657. The van der Waals surface area contributed by atoms with Crippen LogP contribution < -0.4 is 4.74 Å². The third-order valence-corrected chi connectivity index (χ3v) is 4.30. The molecule has 25 heavy (non-hydrogen) atoms. The number of hydrogen-bond acceptors (Lipinski definition) is 2. The second kappa shape index (κ2) is 7.84. The van der Waals surface area contributed by atoms with Crippen LogP contribution in [0.25, 0.3) is 10.8 Å². The van der Waals surface area contributed by atoms with Crippen LogP contribution in [0.1, 0.15) is 18.9 Å². The highest BCUT2D eigenvalue weighted by molar-refractivity contribution is 5.89. The second-order valence-electron chi connectivity index (χ2n) is 6.17. The predicted octanol–water partition coefficient (Wildman–Crippen LogP) is 4.66. The van der Waals surface area contributed by atoms with Crippen LogP contribution in [0.5, 0.6) is 5.75 Å². The van der Waals surface area contributed by atoms with Crippen molar-refractivity contribution in [1.29, 1.82) is 0 Å². The highest BCUT2D eigenvalue weighted by Crippen LogP contribution is 2.27. The maximum atomic E-state index is 12.8. The topological polar surface area (TPSA) is 29.5 Å². The molecule has 3 rings (SSSR count). The van der Waals surface area contributed by atoms with E-state index in [0.717, 1.165) is 22.1 Å². The van der Waals surface area contributed by atoms with Crippen LogP contribution in [0.2, 0.25) is 0 Å². The molecule has 0 spiro atoms. The predicted molar refractivity (Wildman–Crippen MR) is 102 cm³/mol. The lowest BCUT2D eigenvalue weighted by atomic mass is 10.1. The lowest BCUT2D eigenvalue weighted by Crippen LogP contribution is -2.39. The first-order valence-electron chi connectivity index (χ1n) is 8.62. The summed E-state index contributed by atoms with van der Waals surface area (Å²) in [5, 5.41) is 2.14. The Bertz CT molecular complexity index is 840. The maximum Gasteiger partial charge on any atom is 0.263 e. The average molecular weight is 333 g/mol. The third kappa shape index (κ3) is 4.00. The van der Waals surface area contributed by atoms with Crippen molar-refractivity contribution in [3.8, 4) is 5.75 Å². The van der Waals surface area contributed by atoms with E-state index in [9.17, 15) is 4.79 Å². The zero-order valence-electron chi connectivity index (χ0n) is 14.7. The van der Waals surface area contributed by atoms with E-state index in [4.69, 9.17) is 4.74 Å². The standard InChI is InChI=1S/C22H23NO2/c1-3-20(22(24)23(2)16-17-10-5-4-6-11-17)25-21-15-9-13-18-12-7-8-14-19(18)21/h4-15,20H,3,16H2,1-2H3/t20-/m0/s1. The van der Waals surface area contributed by atoms with Gasteiger partial charge in [-0.15, -0.1) is 0 Å². The molecule has 0 fully saturated rings. The minimum atomic E-state index is -0.487. The summed E-state index contributed by atoms with van der Waals surface area (Å²) in [5.74, 6) is 0.755. The molecule has 0 saturated heterocycles. The molecule has 1 amide bonds. The van der Waals surface area contributed by atoms with Crippen LogP contribution in [0.3, 0.4) is 0 Å². The van der Waals surface area contributed by atoms with Crippen molar-refractivity contribution < 1.29 is 9.53 Å². The number of hydrogen-bond donors (Lipinski definition) is 0. The summed E-state index contributed by atoms with van der Waals surface area (Å²) < 4.78 is 6.11. The number of amides is 1. The van der Waals surface area contributed by atoms with Gasteiger partial charge in [-0.1, -0.05) is 73.7 Å². The van der Waals surface area contributed by atoms with Gasteiger partial charge in [0.25, 0.3) is 5.91 Å². The normalized spacial score (nSPS) is 11.9. The minimum absolute atomic E-state index is 0.000660. The lowest BCUT2D eigenvalue weighted by Gasteiger charge is -2.24. The number of benzene rings is 3. The molecule has 0 aromatic heterocycles. The summed E-state index contributed by atoms with van der Waals surface area (Å²) in [5.41, 5.74) is 1.11. The van der Waals surface area contributed by atoms with Gasteiger partial charge in [-0.3, -0.25) is 4.79 Å². The van der Waals surface area contributed by atoms with E-state index in [-0.39, 0.29) is 5.91 Å². The molecule has 3 aromatic rings. The highest BCUT2D eigenvalue weighted by Gasteiger charge is 2.23. The Morgan fingerprint density at radius 1 is 0.960 bits per heavy atom. The third-order valence-electron chi connectivity index (χ3n) is 4.30. The van der Waals surface area contributed by atoms with Gasteiger partial charge in [-0.2, -0.15) is 0 Å². The molecule has 128 valence electrons. The molecule has 3 heteroatoms. The molecule has 0 aliphatic carbocycles. The van der Waals surface area contributed by atoms with E-state index < -0.39 is 6.10 Å². The summed E-state index contributed by atoms with van der Waals surface area (Å²) in [6, 6.07) is 24.0. The molecule has 0 unspecified atom stereocenters. The molecule has 0 aliphatic rings. The maximum absolute atomic E-state index is 12.8. The van der Waals surface area contributed by atoms with Gasteiger partial charge in [-0.05, 0) is 23.4 Å². The Labute approximate surface area is 148 Å². The Morgan fingerprint density at radius 3 is 2.40 bits per heavy atom. The molecule has 1 atom stereocenters. The summed E-state index contributed by atoms with van der Waals surface area (Å²) in [7, 11) is 1.82. The number of fused-ring (bicyclic) bond motifs is 1. The van der Waals surface area contributed by atoms with E-state index in [0.29, 0.717) is 13.0 Å². The molecule has 0 bridgehead atoms. The number of ether oxygens (including phenoxy) is 1. The number of carbonyl (C=O) groups is 1. The van der Waals surface area contributed by atoms with E-state index >= 15 is 0 Å². The van der Waals surface area contributed by atoms with Gasteiger partial charge in [0, 0.05) is 19.0 Å². The first-order chi connectivity index (χ1) is 12.2. The van der Waals surface area contributed by atoms with Crippen LogP contribution in [0.4, 0.5) is 0 Å². The fourth-order valence-corrected chi connectivity index (χ4v) is 2.94. The number of carbonyl (C=O) groups excluding carboxylic acids is 1. The first kappa shape index (κ1) is 17.0. The summed E-state index contributed by atoms with van der Waals surface area (Å²) >= 11 is 0. The van der Waals surface area contributed by atoms with Gasteiger partial charge in [0.2, 0.25) is 0 Å². The Morgan fingerprint density at radius 2 is 1.64 bits per heavy atom. The molecule has 3 aromatic carbocycles. The number of nitrogens with zero attached hydrogens (tertiary/aromatic N) is 1. The SMILES string of the molecule is CC[C@H](Oc1cccc2ccccc12)C(=O)N(C)Cc1ccccc1. The molecule has 0 radical (unpaired) electrons. The molecular formula is C22H23NO2. The van der Waals surface area contributed by atoms with Crippen LogP contribution in [-0.4, -0.2) is 24.0 Å². The Kier molecular flexibility index (Phi) is 5.34. The number of likely N-dealkylation sites (N-methyl/N-ethyl adjacent to an activating group) is 1. The van der Waals surface area contributed by atoms with Gasteiger partial charge < -0.3 is 9.64 Å². The monoisotopic (exact) mass is 333 g/mol. The van der Waals surface area contributed by atoms with Crippen molar-refractivity contribution in [1.82, 2.24) is 4.90 Å². The molecule has 0 heterocycles. The zero-order chi connectivity index (χ0) is 17.6. The molecular weight excluding hydrogens is 310 g/mol. The van der Waals surface area contributed by atoms with Crippen molar-refractivity contribution in [2.75, 3.05) is 7.05 Å². The average Bonchev–Trinajstić information content (AvgIpc) is 2.66. The zero-order valence-corrected chi connectivity index (χ0v) is 14.7. The van der Waals surface area contributed by atoms with Crippen molar-refractivity contribution in [3.05, 3.63) is 78.4 Å². The van der Waals surface area contributed by atoms with E-state index in [1.807, 2.05) is 86.8 Å².